The van der Waals surface area contributed by atoms with Crippen molar-refractivity contribution in [3.63, 3.8) is 0 Å². The van der Waals surface area contributed by atoms with Crippen LogP contribution in [-0.2, 0) is 4.79 Å². The molecule has 14 heavy (non-hydrogen) atoms. The van der Waals surface area contributed by atoms with Gasteiger partial charge in [-0.05, 0) is 25.7 Å². The van der Waals surface area contributed by atoms with Crippen molar-refractivity contribution in [1.29, 1.82) is 0 Å². The van der Waals surface area contributed by atoms with Gasteiger partial charge in [0, 0.05) is 17.9 Å². The number of hydrogen-bond donors (Lipinski definition) is 2. The van der Waals surface area contributed by atoms with Crippen molar-refractivity contribution in [2.75, 3.05) is 6.54 Å². The van der Waals surface area contributed by atoms with Crippen LogP contribution in [0.2, 0.25) is 0 Å². The largest absolute Gasteiger partial charge is 0.393 e. The predicted molar refractivity (Wildman–Crippen MR) is 53.7 cm³/mol. The topological polar surface area (TPSA) is 49.3 Å². The number of aliphatic hydroxyl groups excluding tert-OH is 1. The molecule has 0 aliphatic heterocycles. The second-order valence-electron chi connectivity index (χ2n) is 5.03. The molecule has 0 bridgehead atoms. The van der Waals surface area contributed by atoms with E-state index in [4.69, 9.17) is 0 Å². The van der Waals surface area contributed by atoms with Gasteiger partial charge in [-0.3, -0.25) is 4.79 Å². The Bertz CT molecular complexity index is 235. The fourth-order valence-electron chi connectivity index (χ4n) is 2.11. The molecule has 0 spiro atoms. The molecule has 0 radical (unpaired) electrons. The molecular formula is C11H19NO2. The smallest absolute Gasteiger partial charge is 0.225 e. The van der Waals surface area contributed by atoms with Crippen LogP contribution in [0.15, 0.2) is 0 Å². The highest BCUT2D eigenvalue weighted by Crippen LogP contribution is 2.45. The Morgan fingerprint density at radius 1 is 1.50 bits per heavy atom. The number of carbonyl (C=O) groups is 1. The maximum atomic E-state index is 11.6. The zero-order valence-corrected chi connectivity index (χ0v) is 8.75. The van der Waals surface area contributed by atoms with E-state index in [0.717, 1.165) is 32.1 Å². The lowest BCUT2D eigenvalue weighted by atomic mass is 10.0. The third kappa shape index (κ3) is 1.92. The summed E-state index contributed by atoms with van der Waals surface area (Å²) in [6.45, 7) is 2.67. The highest BCUT2D eigenvalue weighted by Gasteiger charge is 2.44. The molecule has 0 aromatic heterocycles. The van der Waals surface area contributed by atoms with Crippen molar-refractivity contribution in [3.05, 3.63) is 0 Å². The summed E-state index contributed by atoms with van der Waals surface area (Å²) in [4.78, 5) is 11.6. The first-order valence-corrected chi connectivity index (χ1v) is 5.58. The van der Waals surface area contributed by atoms with Crippen molar-refractivity contribution >= 4 is 5.91 Å². The molecule has 0 heterocycles. The molecule has 80 valence electrons. The predicted octanol–water partition coefficient (Wildman–Crippen LogP) is 1.06. The second-order valence-corrected chi connectivity index (χ2v) is 5.03. The van der Waals surface area contributed by atoms with Gasteiger partial charge in [0.25, 0.3) is 0 Å². The Labute approximate surface area is 84.9 Å². The number of nitrogens with one attached hydrogen (secondary N) is 1. The first kappa shape index (κ1) is 9.97. The number of amides is 1. The lowest BCUT2D eigenvalue weighted by molar-refractivity contribution is -0.126. The van der Waals surface area contributed by atoms with Gasteiger partial charge in [0.15, 0.2) is 0 Å². The first-order valence-electron chi connectivity index (χ1n) is 5.58. The standard InChI is InChI=1S/C11H19NO2/c1-11(5-6-11)10(14)12-7-8-3-2-4-9(8)13/h8-9,13H,2-7H2,1H3,(H,12,14). The molecule has 2 rings (SSSR count). The maximum Gasteiger partial charge on any atom is 0.225 e. The Hall–Kier alpha value is -0.570. The van der Waals surface area contributed by atoms with E-state index >= 15 is 0 Å². The molecule has 2 saturated carbocycles. The van der Waals surface area contributed by atoms with Gasteiger partial charge < -0.3 is 10.4 Å². The van der Waals surface area contributed by atoms with Gasteiger partial charge in [-0.15, -0.1) is 0 Å². The normalized spacial score (nSPS) is 34.1. The summed E-state index contributed by atoms with van der Waals surface area (Å²) in [7, 11) is 0. The Balaban J connectivity index is 1.74. The third-order valence-electron chi connectivity index (χ3n) is 3.69. The molecule has 0 saturated heterocycles. The molecule has 2 atom stereocenters. The van der Waals surface area contributed by atoms with Gasteiger partial charge in [0.1, 0.15) is 0 Å². The molecule has 0 aromatic carbocycles. The van der Waals surface area contributed by atoms with Crippen LogP contribution in [0.5, 0.6) is 0 Å². The summed E-state index contributed by atoms with van der Waals surface area (Å²) in [5.74, 6) is 0.470. The maximum absolute atomic E-state index is 11.6. The van der Waals surface area contributed by atoms with E-state index in [0.29, 0.717) is 12.5 Å². The molecular weight excluding hydrogens is 178 g/mol. The van der Waals surface area contributed by atoms with Crippen LogP contribution in [0.25, 0.3) is 0 Å². The highest BCUT2D eigenvalue weighted by molar-refractivity contribution is 5.84. The van der Waals surface area contributed by atoms with Crippen molar-refractivity contribution in [2.45, 2.75) is 45.1 Å². The van der Waals surface area contributed by atoms with E-state index in [9.17, 15) is 9.90 Å². The zero-order valence-electron chi connectivity index (χ0n) is 8.75. The lowest BCUT2D eigenvalue weighted by Gasteiger charge is -2.16. The van der Waals surface area contributed by atoms with Crippen LogP contribution in [0, 0.1) is 11.3 Å². The molecule has 2 aliphatic carbocycles. The van der Waals surface area contributed by atoms with E-state index in [1.165, 1.54) is 0 Å². The van der Waals surface area contributed by atoms with Gasteiger partial charge in [0.05, 0.1) is 6.10 Å². The van der Waals surface area contributed by atoms with Gasteiger partial charge in [0.2, 0.25) is 5.91 Å². The van der Waals surface area contributed by atoms with E-state index in [-0.39, 0.29) is 17.4 Å². The molecule has 2 aliphatic rings. The summed E-state index contributed by atoms with van der Waals surface area (Å²) >= 11 is 0. The fraction of sp³-hybridized carbons (Fsp3) is 0.909. The number of carbonyl (C=O) groups excluding carboxylic acids is 1. The second kappa shape index (κ2) is 3.54. The van der Waals surface area contributed by atoms with Crippen molar-refractivity contribution < 1.29 is 9.90 Å². The van der Waals surface area contributed by atoms with Crippen LogP contribution in [-0.4, -0.2) is 23.7 Å². The molecule has 2 N–H and O–H groups in total. The number of hydrogen-bond acceptors (Lipinski definition) is 2. The summed E-state index contributed by atoms with van der Waals surface area (Å²) in [5, 5.41) is 12.5. The minimum absolute atomic E-state index is 0.0798. The van der Waals surface area contributed by atoms with E-state index in [1.54, 1.807) is 0 Å². The Morgan fingerprint density at radius 3 is 2.71 bits per heavy atom. The van der Waals surface area contributed by atoms with Crippen LogP contribution < -0.4 is 5.32 Å². The van der Waals surface area contributed by atoms with Gasteiger partial charge in [-0.2, -0.15) is 0 Å². The van der Waals surface area contributed by atoms with Crippen LogP contribution in [0.3, 0.4) is 0 Å². The van der Waals surface area contributed by atoms with Gasteiger partial charge in [-0.25, -0.2) is 0 Å². The summed E-state index contributed by atoms with van der Waals surface area (Å²) in [6, 6.07) is 0. The lowest BCUT2D eigenvalue weighted by Crippen LogP contribution is -2.36. The average molecular weight is 197 g/mol. The third-order valence-corrected chi connectivity index (χ3v) is 3.69. The summed E-state index contributed by atoms with van der Waals surface area (Å²) in [5.41, 5.74) is -0.0798. The van der Waals surface area contributed by atoms with E-state index < -0.39 is 0 Å². The molecule has 2 fully saturated rings. The molecule has 0 aromatic rings. The van der Waals surface area contributed by atoms with Crippen LogP contribution in [0.1, 0.15) is 39.0 Å². The summed E-state index contributed by atoms with van der Waals surface area (Å²) in [6.07, 6.45) is 4.90. The Kier molecular flexibility index (Phi) is 2.52. The molecule has 1 amide bonds. The number of rotatable bonds is 3. The molecule has 3 nitrogen and oxygen atoms in total. The minimum atomic E-state index is -0.192. The average Bonchev–Trinajstić information content (AvgIpc) is 2.77. The SMILES string of the molecule is CC1(C(=O)NCC2CCCC2O)CC1. The van der Waals surface area contributed by atoms with Crippen molar-refractivity contribution in [1.82, 2.24) is 5.32 Å². The van der Waals surface area contributed by atoms with Crippen LogP contribution >= 0.6 is 0 Å². The Morgan fingerprint density at radius 2 is 2.21 bits per heavy atom. The zero-order chi connectivity index (χ0) is 10.2. The van der Waals surface area contributed by atoms with Gasteiger partial charge in [-0.1, -0.05) is 13.3 Å². The highest BCUT2D eigenvalue weighted by atomic mass is 16.3. The quantitative estimate of drug-likeness (QED) is 0.711. The first-order chi connectivity index (χ1) is 6.62. The van der Waals surface area contributed by atoms with Crippen LogP contribution in [0.4, 0.5) is 0 Å². The van der Waals surface area contributed by atoms with Crippen molar-refractivity contribution in [3.8, 4) is 0 Å². The monoisotopic (exact) mass is 197 g/mol. The van der Waals surface area contributed by atoms with E-state index in [1.807, 2.05) is 6.92 Å². The minimum Gasteiger partial charge on any atom is -0.393 e. The molecule has 3 heteroatoms. The fourth-order valence-corrected chi connectivity index (χ4v) is 2.11. The van der Waals surface area contributed by atoms with Gasteiger partial charge >= 0.3 is 0 Å². The summed E-state index contributed by atoms with van der Waals surface area (Å²) < 4.78 is 0. The van der Waals surface area contributed by atoms with Crippen molar-refractivity contribution in [2.24, 2.45) is 11.3 Å². The van der Waals surface area contributed by atoms with E-state index in [2.05, 4.69) is 5.32 Å². The number of aliphatic hydroxyl groups is 1. The molecule has 2 unspecified atom stereocenters.